The Morgan fingerprint density at radius 1 is 1.03 bits per heavy atom. The predicted molar refractivity (Wildman–Crippen MR) is 113 cm³/mol. The molecule has 2 N–H and O–H groups in total. The lowest BCUT2D eigenvalue weighted by molar-refractivity contribution is -0.153. The monoisotopic (exact) mass is 428 g/mol. The van der Waals surface area contributed by atoms with E-state index in [1.807, 2.05) is 0 Å². The number of hydrogen-bond acceptors (Lipinski definition) is 5. The number of benzene rings is 2. The Morgan fingerprint density at radius 3 is 2.32 bits per heavy atom. The molecule has 31 heavy (non-hydrogen) atoms. The molecule has 0 spiro atoms. The smallest absolute Gasteiger partial charge is 0.317 e. The van der Waals surface area contributed by atoms with E-state index in [-0.39, 0.29) is 11.7 Å². The van der Waals surface area contributed by atoms with Crippen LogP contribution in [0.1, 0.15) is 38.2 Å². The summed E-state index contributed by atoms with van der Waals surface area (Å²) in [5.74, 6) is -1.27. The lowest BCUT2D eigenvalue weighted by atomic mass is 9.79. The largest absolute Gasteiger partial charge is 0.495 e. The maximum atomic E-state index is 13.3. The molecule has 8 heteroatoms. The number of hydrogen-bond donors (Lipinski definition) is 2. The summed E-state index contributed by atoms with van der Waals surface area (Å²) < 4.78 is 23.9. The standard InChI is InChI=1S/C23H25FN2O5/c1-15(27)25-18-9-10-20(30-2)19(13-18)26-21(28)14-31-22(29)23(11-3-4-12-23)16-5-7-17(24)8-6-16/h5-10,13H,3-4,11-12,14H2,1-2H3,(H,25,27)(H,26,28). The van der Waals surface area contributed by atoms with Crippen molar-refractivity contribution >= 4 is 29.2 Å². The number of amides is 2. The highest BCUT2D eigenvalue weighted by Crippen LogP contribution is 2.42. The van der Waals surface area contributed by atoms with Crippen molar-refractivity contribution in [2.75, 3.05) is 24.4 Å². The van der Waals surface area contributed by atoms with Crippen molar-refractivity contribution in [3.05, 3.63) is 53.8 Å². The van der Waals surface area contributed by atoms with Gasteiger partial charge in [-0.25, -0.2) is 4.39 Å². The van der Waals surface area contributed by atoms with Gasteiger partial charge in [-0.1, -0.05) is 25.0 Å². The first-order valence-corrected chi connectivity index (χ1v) is 10.0. The number of anilines is 2. The molecule has 0 saturated heterocycles. The number of methoxy groups -OCH3 is 1. The zero-order chi connectivity index (χ0) is 22.4. The van der Waals surface area contributed by atoms with Gasteiger partial charge >= 0.3 is 5.97 Å². The summed E-state index contributed by atoms with van der Waals surface area (Å²) in [7, 11) is 1.45. The first-order chi connectivity index (χ1) is 14.8. The minimum absolute atomic E-state index is 0.251. The van der Waals surface area contributed by atoms with Gasteiger partial charge in [-0.15, -0.1) is 0 Å². The highest BCUT2D eigenvalue weighted by Gasteiger charge is 2.44. The second kappa shape index (κ2) is 9.59. The molecular weight excluding hydrogens is 403 g/mol. The van der Waals surface area contributed by atoms with Gasteiger partial charge in [-0.05, 0) is 48.7 Å². The van der Waals surface area contributed by atoms with Crippen LogP contribution in [0, 0.1) is 5.82 Å². The Morgan fingerprint density at radius 2 is 1.71 bits per heavy atom. The van der Waals surface area contributed by atoms with Crippen LogP contribution in [-0.2, 0) is 24.5 Å². The molecule has 7 nitrogen and oxygen atoms in total. The van der Waals surface area contributed by atoms with Gasteiger partial charge in [-0.3, -0.25) is 14.4 Å². The van der Waals surface area contributed by atoms with Gasteiger partial charge in [0.15, 0.2) is 6.61 Å². The molecule has 0 radical (unpaired) electrons. The van der Waals surface area contributed by atoms with Crippen molar-refractivity contribution in [3.63, 3.8) is 0 Å². The Kier molecular flexibility index (Phi) is 6.89. The molecule has 164 valence electrons. The lowest BCUT2D eigenvalue weighted by Gasteiger charge is -2.27. The van der Waals surface area contributed by atoms with Crippen LogP contribution in [0.2, 0.25) is 0 Å². The molecule has 2 aromatic rings. The summed E-state index contributed by atoms with van der Waals surface area (Å²) in [6.45, 7) is 0.900. The molecule has 0 aliphatic heterocycles. The number of carbonyl (C=O) groups excluding carboxylic acids is 3. The lowest BCUT2D eigenvalue weighted by Crippen LogP contribution is -2.36. The molecule has 0 bridgehead atoms. The van der Waals surface area contributed by atoms with Gasteiger partial charge in [0.25, 0.3) is 5.91 Å². The van der Waals surface area contributed by atoms with Crippen molar-refractivity contribution in [3.8, 4) is 5.75 Å². The number of rotatable bonds is 7. The normalized spacial score (nSPS) is 14.5. The minimum Gasteiger partial charge on any atom is -0.495 e. The second-order valence-corrected chi connectivity index (χ2v) is 7.52. The van der Waals surface area contributed by atoms with E-state index >= 15 is 0 Å². The average molecular weight is 428 g/mol. The summed E-state index contributed by atoms with van der Waals surface area (Å²) >= 11 is 0. The SMILES string of the molecule is COc1ccc(NC(C)=O)cc1NC(=O)COC(=O)C1(c2ccc(F)cc2)CCCC1. The maximum absolute atomic E-state index is 13.3. The molecule has 3 rings (SSSR count). The van der Waals surface area contributed by atoms with Gasteiger partial charge in [-0.2, -0.15) is 0 Å². The number of halogens is 1. The van der Waals surface area contributed by atoms with Crippen molar-refractivity contribution < 1.29 is 28.2 Å². The maximum Gasteiger partial charge on any atom is 0.317 e. The number of ether oxygens (including phenoxy) is 2. The molecule has 0 atom stereocenters. The molecule has 0 heterocycles. The molecule has 1 fully saturated rings. The van der Waals surface area contributed by atoms with Gasteiger partial charge in [0.1, 0.15) is 11.6 Å². The summed E-state index contributed by atoms with van der Waals surface area (Å²) in [5, 5.41) is 5.27. The van der Waals surface area contributed by atoms with Crippen LogP contribution in [0.15, 0.2) is 42.5 Å². The van der Waals surface area contributed by atoms with Gasteiger partial charge in [0.05, 0.1) is 18.2 Å². The molecule has 0 unspecified atom stereocenters. The topological polar surface area (TPSA) is 93.7 Å². The number of nitrogens with one attached hydrogen (secondary N) is 2. The summed E-state index contributed by atoms with van der Waals surface area (Å²) in [4.78, 5) is 36.6. The van der Waals surface area contributed by atoms with E-state index in [0.29, 0.717) is 35.5 Å². The fourth-order valence-corrected chi connectivity index (χ4v) is 3.90. The first kappa shape index (κ1) is 22.3. The number of carbonyl (C=O) groups is 3. The third-order valence-corrected chi connectivity index (χ3v) is 5.37. The van der Waals surface area contributed by atoms with Crippen LogP contribution in [0.4, 0.5) is 15.8 Å². The predicted octanol–water partition coefficient (Wildman–Crippen LogP) is 3.79. The fraction of sp³-hybridized carbons (Fsp3) is 0.348. The van der Waals surface area contributed by atoms with Crippen LogP contribution in [-0.4, -0.2) is 31.5 Å². The highest BCUT2D eigenvalue weighted by atomic mass is 19.1. The van der Waals surface area contributed by atoms with E-state index in [1.165, 1.54) is 26.2 Å². The third kappa shape index (κ3) is 5.20. The average Bonchev–Trinajstić information content (AvgIpc) is 3.23. The molecule has 1 aliphatic rings. The van der Waals surface area contributed by atoms with Gasteiger partial charge in [0.2, 0.25) is 5.91 Å². The second-order valence-electron chi connectivity index (χ2n) is 7.52. The van der Waals surface area contributed by atoms with E-state index in [9.17, 15) is 18.8 Å². The molecule has 2 amide bonds. The van der Waals surface area contributed by atoms with E-state index in [4.69, 9.17) is 9.47 Å². The summed E-state index contributed by atoms with van der Waals surface area (Å²) in [5.41, 5.74) is 0.656. The van der Waals surface area contributed by atoms with E-state index in [1.54, 1.807) is 30.3 Å². The van der Waals surface area contributed by atoms with E-state index in [2.05, 4.69) is 10.6 Å². The quantitative estimate of drug-likeness (QED) is 0.655. The van der Waals surface area contributed by atoms with E-state index < -0.39 is 23.9 Å². The van der Waals surface area contributed by atoms with E-state index in [0.717, 1.165) is 12.8 Å². The molecular formula is C23H25FN2O5. The molecule has 2 aromatic carbocycles. The van der Waals surface area contributed by atoms with Gasteiger partial charge < -0.3 is 20.1 Å². The fourth-order valence-electron chi connectivity index (χ4n) is 3.90. The Hall–Kier alpha value is -3.42. The zero-order valence-corrected chi connectivity index (χ0v) is 17.5. The zero-order valence-electron chi connectivity index (χ0n) is 17.5. The van der Waals surface area contributed by atoms with Crippen LogP contribution >= 0.6 is 0 Å². The Balaban J connectivity index is 1.68. The molecule has 1 saturated carbocycles. The first-order valence-electron chi connectivity index (χ1n) is 10.0. The Labute approximate surface area is 179 Å². The third-order valence-electron chi connectivity index (χ3n) is 5.37. The van der Waals surface area contributed by atoms with Crippen LogP contribution in [0.25, 0.3) is 0 Å². The van der Waals surface area contributed by atoms with Crippen molar-refractivity contribution in [1.82, 2.24) is 0 Å². The van der Waals surface area contributed by atoms with Gasteiger partial charge in [0, 0.05) is 12.6 Å². The van der Waals surface area contributed by atoms with Crippen LogP contribution in [0.5, 0.6) is 5.75 Å². The Bertz CT molecular complexity index is 968. The van der Waals surface area contributed by atoms with Crippen molar-refractivity contribution in [2.45, 2.75) is 38.0 Å². The molecule has 0 aromatic heterocycles. The summed E-state index contributed by atoms with van der Waals surface area (Å²) in [6.07, 6.45) is 2.88. The van der Waals surface area contributed by atoms with Crippen molar-refractivity contribution in [1.29, 1.82) is 0 Å². The van der Waals surface area contributed by atoms with Crippen molar-refractivity contribution in [2.24, 2.45) is 0 Å². The molecule has 1 aliphatic carbocycles. The number of esters is 1. The summed E-state index contributed by atoms with van der Waals surface area (Å²) in [6, 6.07) is 10.6. The highest BCUT2D eigenvalue weighted by molar-refractivity contribution is 5.96. The van der Waals surface area contributed by atoms with Crippen LogP contribution < -0.4 is 15.4 Å². The minimum atomic E-state index is -0.864. The van der Waals surface area contributed by atoms with Crippen LogP contribution in [0.3, 0.4) is 0 Å².